The minimum atomic E-state index is 0.0423. The highest BCUT2D eigenvalue weighted by molar-refractivity contribution is 5.89. The van der Waals surface area contributed by atoms with Crippen LogP contribution in [0.25, 0.3) is 10.9 Å². The van der Waals surface area contributed by atoms with Crippen molar-refractivity contribution < 1.29 is 9.53 Å². The lowest BCUT2D eigenvalue weighted by Crippen LogP contribution is -2.39. The number of nitrogens with zero attached hydrogens (tertiary/aromatic N) is 1. The molecule has 1 N–H and O–H groups in total. The van der Waals surface area contributed by atoms with Crippen LogP contribution in [-0.4, -0.2) is 24.1 Å². The zero-order valence-electron chi connectivity index (χ0n) is 16.7. The molecule has 0 atom stereocenters. The van der Waals surface area contributed by atoms with Crippen molar-refractivity contribution in [3.63, 3.8) is 0 Å². The maximum Gasteiger partial charge on any atom is 0.224 e. The highest BCUT2D eigenvalue weighted by Gasteiger charge is 2.35. The molecule has 0 spiro atoms. The first-order valence-corrected chi connectivity index (χ1v) is 10.1. The third-order valence-corrected chi connectivity index (χ3v) is 6.22. The number of rotatable bonds is 6. The van der Waals surface area contributed by atoms with E-state index in [1.807, 2.05) is 31.3 Å². The van der Waals surface area contributed by atoms with Gasteiger partial charge in [0.25, 0.3) is 0 Å². The third kappa shape index (κ3) is 3.51. The number of nitrogens with one attached hydrogen (secondary N) is 1. The molecular weight excluding hydrogens is 348 g/mol. The highest BCUT2D eigenvalue weighted by Crippen LogP contribution is 2.41. The number of ether oxygens (including phenoxy) is 1. The SMILES string of the molecule is COc1ccc(C2(CNC(=O)Cc3cn(C)c4ccccc34)CCCC2)cc1. The molecule has 1 aliphatic carbocycles. The second kappa shape index (κ2) is 7.70. The maximum absolute atomic E-state index is 12.8. The first kappa shape index (κ1) is 18.6. The van der Waals surface area contributed by atoms with Crippen molar-refractivity contribution in [3.8, 4) is 5.75 Å². The second-order valence-electron chi connectivity index (χ2n) is 7.95. The number of amides is 1. The predicted molar refractivity (Wildman–Crippen MR) is 113 cm³/mol. The van der Waals surface area contributed by atoms with Crippen LogP contribution >= 0.6 is 0 Å². The van der Waals surface area contributed by atoms with Gasteiger partial charge >= 0.3 is 0 Å². The van der Waals surface area contributed by atoms with Gasteiger partial charge in [0.1, 0.15) is 5.75 Å². The fourth-order valence-electron chi connectivity index (χ4n) is 4.63. The summed E-state index contributed by atoms with van der Waals surface area (Å²) in [7, 11) is 3.72. The molecule has 1 aliphatic rings. The molecule has 1 saturated carbocycles. The summed E-state index contributed by atoms with van der Waals surface area (Å²) >= 11 is 0. The lowest BCUT2D eigenvalue weighted by atomic mass is 9.78. The Hall–Kier alpha value is -2.75. The van der Waals surface area contributed by atoms with E-state index in [-0.39, 0.29) is 11.3 Å². The van der Waals surface area contributed by atoms with Crippen molar-refractivity contribution in [2.45, 2.75) is 37.5 Å². The average Bonchev–Trinajstić information content (AvgIpc) is 3.33. The molecule has 4 rings (SSSR count). The van der Waals surface area contributed by atoms with Crippen molar-refractivity contribution in [2.24, 2.45) is 7.05 Å². The van der Waals surface area contributed by atoms with E-state index in [1.54, 1.807) is 7.11 Å². The normalized spacial score (nSPS) is 15.6. The van der Waals surface area contributed by atoms with Gasteiger partial charge in [-0.15, -0.1) is 0 Å². The molecule has 1 fully saturated rings. The van der Waals surface area contributed by atoms with Crippen LogP contribution in [0, 0.1) is 0 Å². The summed E-state index contributed by atoms with van der Waals surface area (Å²) < 4.78 is 7.39. The van der Waals surface area contributed by atoms with E-state index in [0.29, 0.717) is 13.0 Å². The number of methoxy groups -OCH3 is 1. The third-order valence-electron chi connectivity index (χ3n) is 6.22. The first-order chi connectivity index (χ1) is 13.6. The van der Waals surface area contributed by atoms with Gasteiger partial charge in [0.05, 0.1) is 13.5 Å². The summed E-state index contributed by atoms with van der Waals surface area (Å²) in [6.45, 7) is 0.697. The molecule has 4 heteroatoms. The quantitative estimate of drug-likeness (QED) is 0.695. The minimum Gasteiger partial charge on any atom is -0.497 e. The smallest absolute Gasteiger partial charge is 0.224 e. The molecule has 28 heavy (non-hydrogen) atoms. The fourth-order valence-corrected chi connectivity index (χ4v) is 4.63. The molecule has 2 aromatic carbocycles. The Balaban J connectivity index is 1.47. The number of fused-ring (bicyclic) bond motifs is 1. The van der Waals surface area contributed by atoms with Crippen LogP contribution in [0.3, 0.4) is 0 Å². The fraction of sp³-hybridized carbons (Fsp3) is 0.375. The lowest BCUT2D eigenvalue weighted by molar-refractivity contribution is -0.120. The number of para-hydroxylation sites is 1. The Labute approximate surface area is 166 Å². The number of carbonyl (C=O) groups excluding carboxylic acids is 1. The molecule has 1 aromatic heterocycles. The Bertz CT molecular complexity index is 966. The summed E-state index contributed by atoms with van der Waals surface area (Å²) in [5, 5.41) is 4.39. The van der Waals surface area contributed by atoms with Gasteiger partial charge in [-0.1, -0.05) is 43.2 Å². The molecule has 0 aliphatic heterocycles. The van der Waals surface area contributed by atoms with Crippen molar-refractivity contribution in [1.29, 1.82) is 0 Å². The number of carbonyl (C=O) groups is 1. The van der Waals surface area contributed by atoms with E-state index in [4.69, 9.17) is 4.74 Å². The van der Waals surface area contributed by atoms with Gasteiger partial charge in [0.2, 0.25) is 5.91 Å². The van der Waals surface area contributed by atoms with E-state index >= 15 is 0 Å². The summed E-state index contributed by atoms with van der Waals surface area (Å²) in [6, 6.07) is 16.6. The van der Waals surface area contributed by atoms with Gasteiger partial charge in [0.15, 0.2) is 0 Å². The van der Waals surface area contributed by atoms with E-state index in [0.717, 1.165) is 35.1 Å². The van der Waals surface area contributed by atoms with Crippen LogP contribution in [0.15, 0.2) is 54.7 Å². The van der Waals surface area contributed by atoms with E-state index in [2.05, 4.69) is 40.3 Å². The van der Waals surface area contributed by atoms with Crippen molar-refractivity contribution >= 4 is 16.8 Å². The monoisotopic (exact) mass is 376 g/mol. The summed E-state index contributed by atoms with van der Waals surface area (Å²) in [5.74, 6) is 0.966. The zero-order valence-corrected chi connectivity index (χ0v) is 16.7. The van der Waals surface area contributed by atoms with E-state index in [9.17, 15) is 4.79 Å². The van der Waals surface area contributed by atoms with Crippen LogP contribution in [0.1, 0.15) is 36.8 Å². The molecular formula is C24H28N2O2. The highest BCUT2D eigenvalue weighted by atomic mass is 16.5. The summed E-state index contributed by atoms with van der Waals surface area (Å²) in [4.78, 5) is 12.8. The Morgan fingerprint density at radius 2 is 1.82 bits per heavy atom. The van der Waals surface area contributed by atoms with Crippen molar-refractivity contribution in [3.05, 3.63) is 65.9 Å². The number of aryl methyl sites for hydroxylation is 1. The molecule has 1 amide bonds. The number of benzene rings is 2. The summed E-state index contributed by atoms with van der Waals surface area (Å²) in [5.41, 5.74) is 3.59. The van der Waals surface area contributed by atoms with Crippen LogP contribution in [0.2, 0.25) is 0 Å². The summed E-state index contributed by atoms with van der Waals surface area (Å²) in [6.07, 6.45) is 7.15. The largest absolute Gasteiger partial charge is 0.497 e. The Morgan fingerprint density at radius 1 is 1.11 bits per heavy atom. The number of hydrogen-bond acceptors (Lipinski definition) is 2. The molecule has 1 heterocycles. The minimum absolute atomic E-state index is 0.0423. The molecule has 0 bridgehead atoms. The molecule has 0 unspecified atom stereocenters. The molecule has 0 saturated heterocycles. The molecule has 0 radical (unpaired) electrons. The Kier molecular flexibility index (Phi) is 5.12. The van der Waals surface area contributed by atoms with E-state index < -0.39 is 0 Å². The standard InChI is InChI=1S/C24H28N2O2/c1-26-16-18(21-7-3-4-8-22(21)26)15-23(27)25-17-24(13-5-6-14-24)19-9-11-20(28-2)12-10-19/h3-4,7-12,16H,5-6,13-15,17H2,1-2H3,(H,25,27). The molecule has 146 valence electrons. The maximum atomic E-state index is 12.8. The average molecular weight is 377 g/mol. The Morgan fingerprint density at radius 3 is 2.54 bits per heavy atom. The van der Waals surface area contributed by atoms with Crippen molar-refractivity contribution in [1.82, 2.24) is 9.88 Å². The molecule has 4 nitrogen and oxygen atoms in total. The van der Waals surface area contributed by atoms with Crippen LogP contribution < -0.4 is 10.1 Å². The number of hydrogen-bond donors (Lipinski definition) is 1. The van der Waals surface area contributed by atoms with E-state index in [1.165, 1.54) is 18.4 Å². The van der Waals surface area contributed by atoms with Crippen LogP contribution in [-0.2, 0) is 23.7 Å². The topological polar surface area (TPSA) is 43.3 Å². The van der Waals surface area contributed by atoms with Gasteiger partial charge in [-0.05, 0) is 42.2 Å². The predicted octanol–water partition coefficient (Wildman–Crippen LogP) is 4.36. The van der Waals surface area contributed by atoms with Crippen LogP contribution in [0.5, 0.6) is 5.75 Å². The van der Waals surface area contributed by atoms with Crippen molar-refractivity contribution in [2.75, 3.05) is 13.7 Å². The van der Waals surface area contributed by atoms with Crippen LogP contribution in [0.4, 0.5) is 0 Å². The first-order valence-electron chi connectivity index (χ1n) is 10.1. The van der Waals surface area contributed by atoms with Gasteiger partial charge < -0.3 is 14.6 Å². The zero-order chi connectivity index (χ0) is 19.6. The lowest BCUT2D eigenvalue weighted by Gasteiger charge is -2.30. The second-order valence-corrected chi connectivity index (χ2v) is 7.95. The van der Waals surface area contributed by atoms with Gasteiger partial charge in [-0.3, -0.25) is 4.79 Å². The van der Waals surface area contributed by atoms with Gasteiger partial charge in [0, 0.05) is 36.1 Å². The van der Waals surface area contributed by atoms with Gasteiger partial charge in [-0.2, -0.15) is 0 Å². The molecule has 3 aromatic rings. The number of aromatic nitrogens is 1. The van der Waals surface area contributed by atoms with Gasteiger partial charge in [-0.25, -0.2) is 0 Å².